The molecule has 0 aliphatic rings. The van der Waals surface area contributed by atoms with Gasteiger partial charge < -0.3 is 19.9 Å². The monoisotopic (exact) mass is 310 g/mol. The highest BCUT2D eigenvalue weighted by molar-refractivity contribution is 5.32. The van der Waals surface area contributed by atoms with Gasteiger partial charge in [-0.1, -0.05) is 26.8 Å². The van der Waals surface area contributed by atoms with E-state index in [1.165, 1.54) is 0 Å². The first-order valence-electron chi connectivity index (χ1n) is 7.91. The first kappa shape index (κ1) is 18.8. The molecule has 0 unspecified atom stereocenters. The summed E-state index contributed by atoms with van der Waals surface area (Å²) in [6.45, 7) is 12.1. The molecule has 0 fully saturated rings. The van der Waals surface area contributed by atoms with Crippen LogP contribution < -0.4 is 14.8 Å². The molecule has 0 saturated carbocycles. The van der Waals surface area contributed by atoms with E-state index in [1.54, 1.807) is 7.11 Å². The molecule has 0 saturated heterocycles. The molecule has 0 bridgehead atoms. The number of ether oxygens (including phenoxy) is 2. The highest BCUT2D eigenvalue weighted by Gasteiger charge is 2.29. The second-order valence-corrected chi connectivity index (χ2v) is 7.81. The van der Waals surface area contributed by atoms with E-state index < -0.39 is 6.10 Å². The third-order valence-corrected chi connectivity index (χ3v) is 3.41. The fourth-order valence-electron chi connectivity index (χ4n) is 2.85. The van der Waals surface area contributed by atoms with Gasteiger partial charge in [-0.2, -0.15) is 0 Å². The van der Waals surface area contributed by atoms with Crippen LogP contribution in [-0.4, -0.2) is 37.0 Å². The van der Waals surface area contributed by atoms with Gasteiger partial charge >= 0.3 is 0 Å². The Balaban J connectivity index is 2.38. The number of benzene rings is 1. The molecular weight excluding hydrogens is 278 g/mol. The normalized spacial score (nSPS) is 13.8. The highest BCUT2D eigenvalue weighted by Crippen LogP contribution is 2.24. The molecule has 0 amide bonds. The second kappa shape index (κ2) is 7.84. The molecule has 0 heterocycles. The fraction of sp³-hybridized carbons (Fsp3) is 0.667. The van der Waals surface area contributed by atoms with E-state index in [2.05, 4.69) is 39.9 Å². The molecule has 3 N–H and O–H groups in total. The van der Waals surface area contributed by atoms with Crippen molar-refractivity contribution in [2.45, 2.75) is 52.7 Å². The van der Waals surface area contributed by atoms with Crippen molar-refractivity contribution >= 4 is 0 Å². The summed E-state index contributed by atoms with van der Waals surface area (Å²) in [5.74, 6) is 1.47. The number of methoxy groups -OCH3 is 1. The number of hydrogen-bond donors (Lipinski definition) is 2. The number of aliphatic hydroxyl groups is 1. The Morgan fingerprint density at radius 3 is 2.36 bits per heavy atom. The average Bonchev–Trinajstić information content (AvgIpc) is 2.40. The maximum absolute atomic E-state index is 10.1. The minimum Gasteiger partial charge on any atom is -0.497 e. The molecule has 4 nitrogen and oxygen atoms in total. The molecule has 1 rings (SSSR count). The Bertz CT molecular complexity index is 452. The van der Waals surface area contributed by atoms with E-state index in [9.17, 15) is 5.11 Å². The number of aliphatic hydroxyl groups excluding tert-OH is 1. The van der Waals surface area contributed by atoms with Crippen molar-refractivity contribution in [3.05, 3.63) is 24.3 Å². The van der Waals surface area contributed by atoms with E-state index in [-0.39, 0.29) is 17.6 Å². The van der Waals surface area contributed by atoms with Crippen LogP contribution in [0, 0.1) is 5.41 Å². The Morgan fingerprint density at radius 1 is 1.14 bits per heavy atom. The van der Waals surface area contributed by atoms with Gasteiger partial charge in [0.25, 0.3) is 0 Å². The van der Waals surface area contributed by atoms with Crippen molar-refractivity contribution in [2.75, 3.05) is 20.3 Å². The van der Waals surface area contributed by atoms with E-state index in [4.69, 9.17) is 9.47 Å². The molecule has 1 aromatic rings. The zero-order valence-electron chi connectivity index (χ0n) is 14.8. The van der Waals surface area contributed by atoms with Crippen LogP contribution in [0.3, 0.4) is 0 Å². The van der Waals surface area contributed by atoms with Gasteiger partial charge in [0.05, 0.1) is 12.6 Å². The molecule has 0 spiro atoms. The lowest BCUT2D eigenvalue weighted by Gasteiger charge is -2.31. The Labute approximate surface area is 134 Å². The number of quaternary nitrogens is 1. The van der Waals surface area contributed by atoms with Gasteiger partial charge in [-0.3, -0.25) is 0 Å². The molecule has 1 atom stereocenters. The molecule has 22 heavy (non-hydrogen) atoms. The predicted octanol–water partition coefficient (Wildman–Crippen LogP) is 2.21. The number of rotatable bonds is 8. The lowest BCUT2D eigenvalue weighted by Crippen LogP contribution is -2.97. The first-order chi connectivity index (χ1) is 10.1. The Morgan fingerprint density at radius 2 is 1.77 bits per heavy atom. The van der Waals surface area contributed by atoms with E-state index >= 15 is 0 Å². The summed E-state index contributed by atoms with van der Waals surface area (Å²) in [5, 5.41) is 12.3. The van der Waals surface area contributed by atoms with Crippen LogP contribution in [0.4, 0.5) is 0 Å². The van der Waals surface area contributed by atoms with Gasteiger partial charge in [0.2, 0.25) is 0 Å². The van der Waals surface area contributed by atoms with Crippen LogP contribution >= 0.6 is 0 Å². The number of nitrogens with two attached hydrogens (primary N) is 1. The summed E-state index contributed by atoms with van der Waals surface area (Å²) >= 11 is 0. The van der Waals surface area contributed by atoms with Crippen LogP contribution in [0.1, 0.15) is 41.0 Å². The quantitative estimate of drug-likeness (QED) is 0.774. The summed E-state index contributed by atoms with van der Waals surface area (Å²) in [6.07, 6.45) is 0.592. The fourth-order valence-corrected chi connectivity index (χ4v) is 2.85. The minimum absolute atomic E-state index is 0.106. The largest absolute Gasteiger partial charge is 0.497 e. The van der Waals surface area contributed by atoms with Gasteiger partial charge in [0.1, 0.15) is 30.8 Å². The van der Waals surface area contributed by atoms with Crippen LogP contribution in [0.2, 0.25) is 0 Å². The third kappa shape index (κ3) is 7.66. The topological polar surface area (TPSA) is 55.3 Å². The average molecular weight is 310 g/mol. The summed E-state index contributed by atoms with van der Waals surface area (Å²) in [5.41, 5.74) is 0.386. The lowest BCUT2D eigenvalue weighted by molar-refractivity contribution is -0.727. The van der Waals surface area contributed by atoms with Crippen molar-refractivity contribution in [1.82, 2.24) is 0 Å². The van der Waals surface area contributed by atoms with Crippen LogP contribution in [0.25, 0.3) is 0 Å². The zero-order chi connectivity index (χ0) is 16.8. The van der Waals surface area contributed by atoms with Gasteiger partial charge in [0, 0.05) is 12.5 Å². The minimum atomic E-state index is -0.495. The molecule has 0 aromatic heterocycles. The Kier molecular flexibility index (Phi) is 6.69. The van der Waals surface area contributed by atoms with Gasteiger partial charge in [-0.05, 0) is 31.4 Å². The third-order valence-electron chi connectivity index (χ3n) is 3.41. The lowest BCUT2D eigenvalue weighted by atomic mass is 9.82. The van der Waals surface area contributed by atoms with Crippen molar-refractivity contribution in [2.24, 2.45) is 5.41 Å². The summed E-state index contributed by atoms with van der Waals surface area (Å²) in [7, 11) is 1.63. The van der Waals surface area contributed by atoms with Crippen LogP contribution in [0.15, 0.2) is 24.3 Å². The van der Waals surface area contributed by atoms with Crippen LogP contribution in [-0.2, 0) is 0 Å². The first-order valence-corrected chi connectivity index (χ1v) is 7.91. The predicted molar refractivity (Wildman–Crippen MR) is 89.4 cm³/mol. The maximum atomic E-state index is 10.1. The molecule has 0 aliphatic carbocycles. The highest BCUT2D eigenvalue weighted by atomic mass is 16.5. The van der Waals surface area contributed by atoms with Crippen LogP contribution in [0.5, 0.6) is 11.5 Å². The summed E-state index contributed by atoms with van der Waals surface area (Å²) < 4.78 is 10.8. The smallest absolute Gasteiger partial charge is 0.137 e. The Hall–Kier alpha value is -1.26. The maximum Gasteiger partial charge on any atom is 0.137 e. The summed E-state index contributed by atoms with van der Waals surface area (Å²) in [4.78, 5) is 0. The molecule has 126 valence electrons. The van der Waals surface area contributed by atoms with Crippen molar-refractivity contribution in [3.8, 4) is 11.5 Å². The van der Waals surface area contributed by atoms with Crippen molar-refractivity contribution in [3.63, 3.8) is 0 Å². The standard InChI is InChI=1S/C18H31NO3/c1-17(2,3)13-18(4,5)19-11-14(20)12-22-16-9-7-8-15(10-16)21-6/h7-10,14,19-20H,11-13H2,1-6H3/p+1/t14-/m1/s1. The molecule has 0 aliphatic heterocycles. The van der Waals surface area contributed by atoms with E-state index in [0.29, 0.717) is 12.3 Å². The van der Waals surface area contributed by atoms with Gasteiger partial charge in [-0.15, -0.1) is 0 Å². The zero-order valence-corrected chi connectivity index (χ0v) is 14.8. The van der Waals surface area contributed by atoms with Crippen molar-refractivity contribution in [1.29, 1.82) is 0 Å². The molecule has 4 heteroatoms. The SMILES string of the molecule is COc1cccc(OC[C@H](O)C[NH2+]C(C)(C)CC(C)(C)C)c1. The van der Waals surface area contributed by atoms with Gasteiger partial charge in [-0.25, -0.2) is 0 Å². The summed E-state index contributed by atoms with van der Waals surface area (Å²) in [6, 6.07) is 7.42. The van der Waals surface area contributed by atoms with E-state index in [0.717, 1.165) is 12.2 Å². The molecule has 0 radical (unpaired) electrons. The molecule has 1 aromatic carbocycles. The van der Waals surface area contributed by atoms with E-state index in [1.807, 2.05) is 24.3 Å². The molecular formula is C18H32NO3+. The second-order valence-electron chi connectivity index (χ2n) is 7.81. The number of hydrogen-bond acceptors (Lipinski definition) is 3. The van der Waals surface area contributed by atoms with Crippen molar-refractivity contribution < 1.29 is 19.9 Å². The van der Waals surface area contributed by atoms with Gasteiger partial charge in [0.15, 0.2) is 0 Å².